The molecule has 148 valence electrons. The number of phenolic OH excluding ortho intramolecular Hbond substituents is 1. The first kappa shape index (κ1) is 20.1. The number of allylic oxidation sites excluding steroid dienone is 6. The van der Waals surface area contributed by atoms with E-state index in [0.29, 0.717) is 12.0 Å². The number of halogens is 1. The van der Waals surface area contributed by atoms with Gasteiger partial charge in [0.15, 0.2) is 5.78 Å². The molecule has 4 rings (SSSR count). The lowest BCUT2D eigenvalue weighted by atomic mass is 9.71. The molecule has 0 fully saturated rings. The molecular weight excluding hydrogens is 436 g/mol. The first-order chi connectivity index (χ1) is 14.6. The highest BCUT2D eigenvalue weighted by Crippen LogP contribution is 2.41. The molecule has 1 atom stereocenters. The number of aromatic hydroxyl groups is 1. The number of phenols is 1. The SMILES string of the molecule is O=C(/C=C/C1(c2ccc(O)cc2)C=CC=C(c2cccc(Br)c2)C1)c1ccccc1. The highest BCUT2D eigenvalue weighted by Gasteiger charge is 2.30. The van der Waals surface area contributed by atoms with Gasteiger partial charge in [-0.1, -0.05) is 94.8 Å². The maximum Gasteiger partial charge on any atom is 0.185 e. The van der Waals surface area contributed by atoms with Crippen molar-refractivity contribution >= 4 is 27.3 Å². The second-order valence-corrected chi connectivity index (χ2v) is 8.30. The summed E-state index contributed by atoms with van der Waals surface area (Å²) >= 11 is 3.55. The van der Waals surface area contributed by atoms with Crippen molar-refractivity contribution < 1.29 is 9.90 Å². The number of hydrogen-bond acceptors (Lipinski definition) is 2. The maximum absolute atomic E-state index is 12.7. The van der Waals surface area contributed by atoms with E-state index in [1.807, 2.05) is 66.7 Å². The molecule has 0 aliphatic heterocycles. The van der Waals surface area contributed by atoms with Crippen molar-refractivity contribution in [2.24, 2.45) is 0 Å². The predicted molar refractivity (Wildman–Crippen MR) is 126 cm³/mol. The van der Waals surface area contributed by atoms with Gasteiger partial charge in [-0.3, -0.25) is 4.79 Å². The topological polar surface area (TPSA) is 37.3 Å². The van der Waals surface area contributed by atoms with Crippen LogP contribution >= 0.6 is 15.9 Å². The molecule has 0 aromatic heterocycles. The van der Waals surface area contributed by atoms with Gasteiger partial charge in [-0.25, -0.2) is 0 Å². The fraction of sp³-hybridized carbons (Fsp3) is 0.0741. The monoisotopic (exact) mass is 456 g/mol. The van der Waals surface area contributed by atoms with Gasteiger partial charge in [0.2, 0.25) is 0 Å². The van der Waals surface area contributed by atoms with Crippen LogP contribution in [0.1, 0.15) is 27.9 Å². The number of rotatable bonds is 5. The van der Waals surface area contributed by atoms with Crippen LogP contribution in [0, 0.1) is 0 Å². The first-order valence-corrected chi connectivity index (χ1v) is 10.6. The Balaban J connectivity index is 1.73. The zero-order valence-electron chi connectivity index (χ0n) is 16.3. The van der Waals surface area contributed by atoms with Crippen LogP contribution in [0.15, 0.2) is 114 Å². The number of benzene rings is 3. The fourth-order valence-corrected chi connectivity index (χ4v) is 4.16. The minimum absolute atomic E-state index is 0.0271. The lowest BCUT2D eigenvalue weighted by Gasteiger charge is -2.32. The Morgan fingerprint density at radius 1 is 0.967 bits per heavy atom. The van der Waals surface area contributed by atoms with E-state index in [4.69, 9.17) is 0 Å². The van der Waals surface area contributed by atoms with Crippen molar-refractivity contribution in [2.45, 2.75) is 11.8 Å². The molecule has 0 saturated carbocycles. The standard InChI is InChI=1S/C27H21BrO2/c28-24-10-4-8-21(18-24)22-9-5-16-27(19-22,23-11-13-25(29)14-12-23)17-15-26(30)20-6-2-1-3-7-20/h1-18,29H,19H2/b17-15+. The van der Waals surface area contributed by atoms with Gasteiger partial charge in [0.1, 0.15) is 5.75 Å². The van der Waals surface area contributed by atoms with Gasteiger partial charge in [-0.15, -0.1) is 0 Å². The summed E-state index contributed by atoms with van der Waals surface area (Å²) in [5, 5.41) is 9.76. The zero-order valence-corrected chi connectivity index (χ0v) is 17.9. The Hall–Kier alpha value is -3.17. The molecule has 1 aliphatic carbocycles. The minimum atomic E-state index is -0.482. The van der Waals surface area contributed by atoms with E-state index in [-0.39, 0.29) is 11.5 Å². The molecule has 0 amide bonds. The Morgan fingerprint density at radius 2 is 1.73 bits per heavy atom. The van der Waals surface area contributed by atoms with Crippen molar-refractivity contribution in [1.29, 1.82) is 0 Å². The summed E-state index contributed by atoms with van der Waals surface area (Å²) < 4.78 is 1.03. The average molecular weight is 457 g/mol. The van der Waals surface area contributed by atoms with E-state index in [2.05, 4.69) is 40.2 Å². The summed E-state index contributed by atoms with van der Waals surface area (Å²) in [4.78, 5) is 12.7. The molecule has 30 heavy (non-hydrogen) atoms. The summed E-state index contributed by atoms with van der Waals surface area (Å²) in [6.45, 7) is 0. The third-order valence-corrected chi connectivity index (χ3v) is 5.86. The third kappa shape index (κ3) is 4.37. The van der Waals surface area contributed by atoms with E-state index in [0.717, 1.165) is 15.6 Å². The predicted octanol–water partition coefficient (Wildman–Crippen LogP) is 6.88. The van der Waals surface area contributed by atoms with Gasteiger partial charge in [0.25, 0.3) is 0 Å². The van der Waals surface area contributed by atoms with E-state index >= 15 is 0 Å². The van der Waals surface area contributed by atoms with Crippen LogP contribution in [0.5, 0.6) is 5.75 Å². The number of hydrogen-bond donors (Lipinski definition) is 1. The molecule has 1 N–H and O–H groups in total. The number of carbonyl (C=O) groups is 1. The summed E-state index contributed by atoms with van der Waals surface area (Å²) in [5.41, 5.74) is 3.53. The Morgan fingerprint density at radius 3 is 2.47 bits per heavy atom. The summed E-state index contributed by atoms with van der Waals surface area (Å²) in [6.07, 6.45) is 10.6. The van der Waals surface area contributed by atoms with Crippen molar-refractivity contribution in [3.63, 3.8) is 0 Å². The fourth-order valence-electron chi connectivity index (χ4n) is 3.76. The van der Waals surface area contributed by atoms with Crippen molar-refractivity contribution in [2.75, 3.05) is 0 Å². The molecule has 3 heteroatoms. The van der Waals surface area contributed by atoms with Crippen LogP contribution in [0.4, 0.5) is 0 Å². The van der Waals surface area contributed by atoms with Crippen molar-refractivity contribution in [3.05, 3.63) is 130 Å². The quantitative estimate of drug-likeness (QED) is 0.335. The number of ketones is 1. The minimum Gasteiger partial charge on any atom is -0.508 e. The highest BCUT2D eigenvalue weighted by molar-refractivity contribution is 9.10. The molecule has 1 aliphatic rings. The van der Waals surface area contributed by atoms with Gasteiger partial charge in [0.05, 0.1) is 0 Å². The summed E-state index contributed by atoms with van der Waals surface area (Å²) in [5.74, 6) is 0.196. The third-order valence-electron chi connectivity index (χ3n) is 5.36. The van der Waals surface area contributed by atoms with E-state index in [1.54, 1.807) is 18.2 Å². The molecular formula is C27H21BrO2. The van der Waals surface area contributed by atoms with Crippen molar-refractivity contribution in [3.8, 4) is 5.75 Å². The normalized spacial score (nSPS) is 18.4. The second-order valence-electron chi connectivity index (χ2n) is 7.39. The molecule has 0 saturated heterocycles. The van der Waals surface area contributed by atoms with Crippen LogP contribution in [-0.4, -0.2) is 10.9 Å². The van der Waals surface area contributed by atoms with Crippen LogP contribution in [-0.2, 0) is 5.41 Å². The van der Waals surface area contributed by atoms with Gasteiger partial charge in [-0.2, -0.15) is 0 Å². The van der Waals surface area contributed by atoms with Crippen LogP contribution in [0.2, 0.25) is 0 Å². The van der Waals surface area contributed by atoms with Crippen LogP contribution in [0.3, 0.4) is 0 Å². The lowest BCUT2D eigenvalue weighted by molar-refractivity contribution is 0.104. The maximum atomic E-state index is 12.7. The van der Waals surface area contributed by atoms with Crippen LogP contribution in [0.25, 0.3) is 5.57 Å². The molecule has 1 unspecified atom stereocenters. The van der Waals surface area contributed by atoms with Gasteiger partial charge >= 0.3 is 0 Å². The van der Waals surface area contributed by atoms with Gasteiger partial charge < -0.3 is 5.11 Å². The van der Waals surface area contributed by atoms with E-state index in [1.165, 1.54) is 5.57 Å². The Labute approximate surface area is 185 Å². The molecule has 3 aromatic rings. The lowest BCUT2D eigenvalue weighted by Crippen LogP contribution is -2.23. The summed E-state index contributed by atoms with van der Waals surface area (Å²) in [6, 6.07) is 24.7. The average Bonchev–Trinajstić information content (AvgIpc) is 2.79. The number of carbonyl (C=O) groups excluding carboxylic acids is 1. The van der Waals surface area contributed by atoms with Crippen LogP contribution < -0.4 is 0 Å². The molecule has 3 aromatic carbocycles. The molecule has 2 nitrogen and oxygen atoms in total. The molecule has 0 radical (unpaired) electrons. The Bertz CT molecular complexity index is 1140. The van der Waals surface area contributed by atoms with Gasteiger partial charge in [-0.05, 0) is 53.5 Å². The smallest absolute Gasteiger partial charge is 0.185 e. The van der Waals surface area contributed by atoms with Crippen molar-refractivity contribution in [1.82, 2.24) is 0 Å². The summed E-state index contributed by atoms with van der Waals surface area (Å²) in [7, 11) is 0. The first-order valence-electron chi connectivity index (χ1n) is 9.78. The molecule has 0 spiro atoms. The highest BCUT2D eigenvalue weighted by atomic mass is 79.9. The van der Waals surface area contributed by atoms with E-state index in [9.17, 15) is 9.90 Å². The second kappa shape index (κ2) is 8.68. The molecule has 0 bridgehead atoms. The van der Waals surface area contributed by atoms with E-state index < -0.39 is 5.41 Å². The Kier molecular flexibility index (Phi) is 5.82. The zero-order chi connectivity index (χ0) is 21.0. The largest absolute Gasteiger partial charge is 0.508 e. The van der Waals surface area contributed by atoms with Gasteiger partial charge in [0, 0.05) is 15.5 Å². The molecule has 0 heterocycles.